The van der Waals surface area contributed by atoms with E-state index < -0.39 is 5.82 Å². The van der Waals surface area contributed by atoms with Crippen molar-refractivity contribution in [1.82, 2.24) is 9.80 Å². The van der Waals surface area contributed by atoms with Crippen LogP contribution in [0.4, 0.5) is 4.39 Å². The van der Waals surface area contributed by atoms with E-state index >= 15 is 0 Å². The first-order valence-corrected chi connectivity index (χ1v) is 7.42. The highest BCUT2D eigenvalue weighted by molar-refractivity contribution is 6.31. The number of hydrogen-bond acceptors (Lipinski definition) is 3. The molecule has 6 heteroatoms. The lowest BCUT2D eigenvalue weighted by Gasteiger charge is -2.40. The van der Waals surface area contributed by atoms with Crippen molar-refractivity contribution in [1.29, 1.82) is 0 Å². The molecule has 0 saturated carbocycles. The molecule has 21 heavy (non-hydrogen) atoms. The minimum Gasteiger partial charge on any atom is -0.392 e. The van der Waals surface area contributed by atoms with Gasteiger partial charge in [-0.3, -0.25) is 9.69 Å². The fourth-order valence-electron chi connectivity index (χ4n) is 2.67. The van der Waals surface area contributed by atoms with E-state index in [0.717, 1.165) is 6.54 Å². The maximum atomic E-state index is 13.2. The molecule has 1 fully saturated rings. The van der Waals surface area contributed by atoms with Crippen LogP contribution in [0, 0.1) is 5.82 Å². The molecule has 1 aromatic carbocycles. The molecule has 1 saturated heterocycles. The second-order valence-corrected chi connectivity index (χ2v) is 5.99. The molecule has 4 nitrogen and oxygen atoms in total. The minimum atomic E-state index is -0.525. The predicted octanol–water partition coefficient (Wildman–Crippen LogP) is 2.01. The topological polar surface area (TPSA) is 43.8 Å². The van der Waals surface area contributed by atoms with Gasteiger partial charge in [-0.1, -0.05) is 11.6 Å². The van der Waals surface area contributed by atoms with Gasteiger partial charge in [-0.15, -0.1) is 0 Å². The quantitative estimate of drug-likeness (QED) is 0.928. The van der Waals surface area contributed by atoms with Crippen LogP contribution in [0.5, 0.6) is 0 Å². The maximum absolute atomic E-state index is 13.2. The summed E-state index contributed by atoms with van der Waals surface area (Å²) in [6.07, 6.45) is -0.379. The van der Waals surface area contributed by atoms with Crippen LogP contribution in [0.15, 0.2) is 18.2 Å². The van der Waals surface area contributed by atoms with Gasteiger partial charge in [0.1, 0.15) is 5.82 Å². The minimum absolute atomic E-state index is 0.0360. The van der Waals surface area contributed by atoms with Gasteiger partial charge in [-0.05, 0) is 32.0 Å². The Morgan fingerprint density at radius 3 is 2.81 bits per heavy atom. The Morgan fingerprint density at radius 2 is 2.24 bits per heavy atom. The third kappa shape index (κ3) is 3.93. The molecular formula is C15H20ClFN2O2. The normalized spacial score (nSPS) is 21.4. The van der Waals surface area contributed by atoms with Gasteiger partial charge in [0, 0.05) is 37.8 Å². The number of piperazine rings is 1. The van der Waals surface area contributed by atoms with Crippen LogP contribution in [0.3, 0.4) is 0 Å². The molecule has 1 aromatic rings. The summed E-state index contributed by atoms with van der Waals surface area (Å²) < 4.78 is 13.2. The predicted molar refractivity (Wildman–Crippen MR) is 80.0 cm³/mol. The summed E-state index contributed by atoms with van der Waals surface area (Å²) in [5, 5.41) is 9.39. The van der Waals surface area contributed by atoms with Crippen molar-refractivity contribution in [3.05, 3.63) is 34.6 Å². The Hall–Kier alpha value is -1.17. The van der Waals surface area contributed by atoms with Gasteiger partial charge >= 0.3 is 0 Å². The van der Waals surface area contributed by atoms with Crippen molar-refractivity contribution < 1.29 is 14.3 Å². The number of carbonyl (C=O) groups excluding carboxylic acids is 1. The van der Waals surface area contributed by atoms with Crippen LogP contribution in [-0.2, 0) is 0 Å². The summed E-state index contributed by atoms with van der Waals surface area (Å²) in [6.45, 7) is 6.35. The molecule has 1 aliphatic heterocycles. The molecule has 0 aliphatic carbocycles. The largest absolute Gasteiger partial charge is 0.392 e. The summed E-state index contributed by atoms with van der Waals surface area (Å²) in [4.78, 5) is 16.4. The van der Waals surface area contributed by atoms with Crippen LogP contribution >= 0.6 is 11.6 Å². The van der Waals surface area contributed by atoms with E-state index in [1.165, 1.54) is 18.2 Å². The molecule has 0 bridgehead atoms. The highest BCUT2D eigenvalue weighted by Crippen LogP contribution is 2.19. The van der Waals surface area contributed by atoms with E-state index in [1.807, 2.05) is 6.92 Å². The monoisotopic (exact) mass is 314 g/mol. The van der Waals surface area contributed by atoms with Gasteiger partial charge in [-0.2, -0.15) is 0 Å². The molecule has 0 aromatic heterocycles. The first-order valence-electron chi connectivity index (χ1n) is 7.05. The molecule has 2 atom stereocenters. The van der Waals surface area contributed by atoms with Crippen molar-refractivity contribution in [2.24, 2.45) is 0 Å². The van der Waals surface area contributed by atoms with E-state index in [-0.39, 0.29) is 23.1 Å². The second-order valence-electron chi connectivity index (χ2n) is 5.59. The lowest BCUT2D eigenvalue weighted by molar-refractivity contribution is 0.0383. The molecule has 116 valence electrons. The summed E-state index contributed by atoms with van der Waals surface area (Å²) in [7, 11) is 0. The third-order valence-corrected chi connectivity index (χ3v) is 3.95. The second kappa shape index (κ2) is 6.73. The Balaban J connectivity index is 2.05. The van der Waals surface area contributed by atoms with Crippen LogP contribution < -0.4 is 0 Å². The number of halogens is 2. The van der Waals surface area contributed by atoms with Crippen LogP contribution in [0.2, 0.25) is 5.02 Å². The molecular weight excluding hydrogens is 295 g/mol. The highest BCUT2D eigenvalue weighted by Gasteiger charge is 2.28. The standard InChI is InChI=1S/C15H20ClFN2O2/c1-10-8-18(9-11(2)20)5-6-19(10)15(21)12-3-4-14(17)13(16)7-12/h3-4,7,10-11,20H,5-6,8-9H2,1-2H3/t10-,11+/m0/s1. The van der Waals surface area contributed by atoms with Crippen LogP contribution in [0.1, 0.15) is 24.2 Å². The zero-order valence-electron chi connectivity index (χ0n) is 12.2. The number of benzene rings is 1. The molecule has 1 heterocycles. The highest BCUT2D eigenvalue weighted by atomic mass is 35.5. The zero-order chi connectivity index (χ0) is 15.6. The van der Waals surface area contributed by atoms with Crippen LogP contribution in [0.25, 0.3) is 0 Å². The van der Waals surface area contributed by atoms with Gasteiger partial charge in [-0.25, -0.2) is 4.39 Å². The SMILES string of the molecule is C[C@@H](O)CN1CCN(C(=O)c2ccc(F)c(Cl)c2)[C@@H](C)C1. The molecule has 0 radical (unpaired) electrons. The molecule has 0 spiro atoms. The van der Waals surface area contributed by atoms with Crippen molar-refractivity contribution in [3.8, 4) is 0 Å². The van der Waals surface area contributed by atoms with Crippen molar-refractivity contribution in [2.45, 2.75) is 26.0 Å². The molecule has 1 N–H and O–H groups in total. The van der Waals surface area contributed by atoms with E-state index in [1.54, 1.807) is 11.8 Å². The summed E-state index contributed by atoms with van der Waals surface area (Å²) in [6, 6.07) is 4.07. The van der Waals surface area contributed by atoms with Crippen LogP contribution in [-0.4, -0.2) is 59.1 Å². The lowest BCUT2D eigenvalue weighted by Crippen LogP contribution is -2.55. The molecule has 1 aliphatic rings. The Kier molecular flexibility index (Phi) is 5.19. The Morgan fingerprint density at radius 1 is 1.52 bits per heavy atom. The average molecular weight is 315 g/mol. The number of aliphatic hydroxyl groups excluding tert-OH is 1. The summed E-state index contributed by atoms with van der Waals surface area (Å²) in [5.41, 5.74) is 0.400. The molecule has 2 rings (SSSR count). The zero-order valence-corrected chi connectivity index (χ0v) is 13.0. The fraction of sp³-hybridized carbons (Fsp3) is 0.533. The first kappa shape index (κ1) is 16.2. The van der Waals surface area contributed by atoms with Gasteiger partial charge in [0.15, 0.2) is 0 Å². The summed E-state index contributed by atoms with van der Waals surface area (Å²) in [5.74, 6) is -0.663. The number of hydrogen-bond donors (Lipinski definition) is 1. The smallest absolute Gasteiger partial charge is 0.254 e. The number of rotatable bonds is 3. The van der Waals surface area contributed by atoms with Crippen molar-refractivity contribution in [2.75, 3.05) is 26.2 Å². The third-order valence-electron chi connectivity index (χ3n) is 3.66. The Bertz CT molecular complexity index is 524. The van der Waals surface area contributed by atoms with Gasteiger partial charge in [0.05, 0.1) is 11.1 Å². The van der Waals surface area contributed by atoms with Gasteiger partial charge in [0.25, 0.3) is 5.91 Å². The molecule has 1 amide bonds. The molecule has 0 unspecified atom stereocenters. The van der Waals surface area contributed by atoms with E-state index in [0.29, 0.717) is 25.2 Å². The summed E-state index contributed by atoms with van der Waals surface area (Å²) >= 11 is 5.73. The van der Waals surface area contributed by atoms with Gasteiger partial charge < -0.3 is 10.0 Å². The van der Waals surface area contributed by atoms with Crippen molar-refractivity contribution in [3.63, 3.8) is 0 Å². The maximum Gasteiger partial charge on any atom is 0.254 e. The number of amides is 1. The number of aliphatic hydroxyl groups is 1. The van der Waals surface area contributed by atoms with E-state index in [2.05, 4.69) is 4.90 Å². The Labute approximate surface area is 129 Å². The number of β-amino-alcohol motifs (C(OH)–C–C–N with tert-alkyl or cyclic N) is 1. The van der Waals surface area contributed by atoms with Crippen molar-refractivity contribution >= 4 is 17.5 Å². The van der Waals surface area contributed by atoms with E-state index in [9.17, 15) is 14.3 Å². The number of carbonyl (C=O) groups is 1. The number of nitrogens with zero attached hydrogens (tertiary/aromatic N) is 2. The van der Waals surface area contributed by atoms with E-state index in [4.69, 9.17) is 11.6 Å². The lowest BCUT2D eigenvalue weighted by atomic mass is 10.1. The van der Waals surface area contributed by atoms with Gasteiger partial charge in [0.2, 0.25) is 0 Å². The first-order chi connectivity index (χ1) is 9.88. The fourth-order valence-corrected chi connectivity index (χ4v) is 2.85. The average Bonchev–Trinajstić information content (AvgIpc) is 2.40.